The van der Waals surface area contributed by atoms with Crippen LogP contribution in [0.25, 0.3) is 0 Å². The third kappa shape index (κ3) is 8.47. The molecule has 0 aliphatic heterocycles. The Bertz CT molecular complexity index is 311. The van der Waals surface area contributed by atoms with Gasteiger partial charge in [0.15, 0.2) is 0 Å². The molecule has 1 atom stereocenters. The predicted molar refractivity (Wildman–Crippen MR) is 73.2 cm³/mol. The molecule has 0 rings (SSSR count). The van der Waals surface area contributed by atoms with E-state index in [2.05, 4.69) is 0 Å². The Balaban J connectivity index is 4.42. The van der Waals surface area contributed by atoms with Gasteiger partial charge < -0.3 is 20.8 Å². The SMILES string of the molecule is CCCC(CCN)CCC(=O)N(CC(=O)O)CC(=O)O. The van der Waals surface area contributed by atoms with Gasteiger partial charge in [0.2, 0.25) is 5.91 Å². The Kier molecular flexibility index (Phi) is 9.36. The quantitative estimate of drug-likeness (QED) is 0.510. The van der Waals surface area contributed by atoms with Crippen LogP contribution in [-0.2, 0) is 14.4 Å². The Morgan fingerprint density at radius 3 is 2.00 bits per heavy atom. The van der Waals surface area contributed by atoms with Crippen molar-refractivity contribution >= 4 is 17.8 Å². The van der Waals surface area contributed by atoms with Crippen LogP contribution >= 0.6 is 0 Å². The third-order valence-electron chi connectivity index (χ3n) is 3.04. The van der Waals surface area contributed by atoms with Crippen molar-refractivity contribution in [3.05, 3.63) is 0 Å². The van der Waals surface area contributed by atoms with Crippen LogP contribution in [0.1, 0.15) is 39.0 Å². The molecule has 0 saturated heterocycles. The predicted octanol–water partition coefficient (Wildman–Crippen LogP) is 0.530. The second kappa shape index (κ2) is 10.2. The molecule has 0 aromatic carbocycles. The molecule has 0 bridgehead atoms. The number of carbonyl (C=O) groups excluding carboxylic acids is 1. The van der Waals surface area contributed by atoms with Gasteiger partial charge in [-0.2, -0.15) is 0 Å². The summed E-state index contributed by atoms with van der Waals surface area (Å²) in [5.41, 5.74) is 5.51. The maximum Gasteiger partial charge on any atom is 0.323 e. The first-order valence-corrected chi connectivity index (χ1v) is 6.82. The number of nitrogens with zero attached hydrogens (tertiary/aromatic N) is 1. The van der Waals surface area contributed by atoms with Gasteiger partial charge in [-0.25, -0.2) is 0 Å². The molecule has 1 amide bonds. The van der Waals surface area contributed by atoms with Crippen LogP contribution < -0.4 is 5.73 Å². The molecule has 0 fully saturated rings. The van der Waals surface area contributed by atoms with Gasteiger partial charge in [-0.3, -0.25) is 14.4 Å². The van der Waals surface area contributed by atoms with Crippen LogP contribution in [0.3, 0.4) is 0 Å². The molecule has 0 saturated carbocycles. The van der Waals surface area contributed by atoms with Gasteiger partial charge in [0.05, 0.1) is 0 Å². The van der Waals surface area contributed by atoms with E-state index in [0.29, 0.717) is 18.9 Å². The molecule has 0 aliphatic rings. The smallest absolute Gasteiger partial charge is 0.323 e. The summed E-state index contributed by atoms with van der Waals surface area (Å²) in [5.74, 6) is -2.54. The number of amides is 1. The van der Waals surface area contributed by atoms with E-state index in [1.807, 2.05) is 6.92 Å². The van der Waals surface area contributed by atoms with Crippen molar-refractivity contribution in [3.63, 3.8) is 0 Å². The van der Waals surface area contributed by atoms with Gasteiger partial charge in [-0.05, 0) is 25.3 Å². The van der Waals surface area contributed by atoms with E-state index < -0.39 is 30.9 Å². The van der Waals surface area contributed by atoms with E-state index in [4.69, 9.17) is 15.9 Å². The number of aliphatic carboxylic acids is 2. The molecule has 20 heavy (non-hydrogen) atoms. The summed E-state index contributed by atoms with van der Waals surface area (Å²) in [6.07, 6.45) is 3.54. The molecular weight excluding hydrogens is 264 g/mol. The van der Waals surface area contributed by atoms with Gasteiger partial charge >= 0.3 is 11.9 Å². The Morgan fingerprint density at radius 2 is 1.60 bits per heavy atom. The maximum absolute atomic E-state index is 11.9. The van der Waals surface area contributed by atoms with Crippen LogP contribution in [0.5, 0.6) is 0 Å². The lowest BCUT2D eigenvalue weighted by Gasteiger charge is -2.20. The number of carboxylic acid groups (broad SMARTS) is 2. The van der Waals surface area contributed by atoms with Gasteiger partial charge in [0, 0.05) is 6.42 Å². The van der Waals surface area contributed by atoms with Gasteiger partial charge in [0.1, 0.15) is 13.1 Å². The van der Waals surface area contributed by atoms with E-state index in [9.17, 15) is 14.4 Å². The molecular formula is C13H24N2O5. The fourth-order valence-corrected chi connectivity index (χ4v) is 2.12. The minimum atomic E-state index is -1.22. The monoisotopic (exact) mass is 288 g/mol. The molecule has 0 radical (unpaired) electrons. The molecule has 0 aromatic rings. The highest BCUT2D eigenvalue weighted by Gasteiger charge is 2.20. The minimum absolute atomic E-state index is 0.158. The summed E-state index contributed by atoms with van der Waals surface area (Å²) in [6.45, 7) is 1.43. The number of carboxylic acids is 2. The van der Waals surface area contributed by atoms with Crippen molar-refractivity contribution in [3.8, 4) is 0 Å². The highest BCUT2D eigenvalue weighted by Crippen LogP contribution is 2.17. The number of hydrogen-bond acceptors (Lipinski definition) is 4. The molecule has 7 nitrogen and oxygen atoms in total. The summed E-state index contributed by atoms with van der Waals surface area (Å²) in [6, 6.07) is 0. The topological polar surface area (TPSA) is 121 Å². The van der Waals surface area contributed by atoms with Crippen molar-refractivity contribution in [2.24, 2.45) is 11.7 Å². The number of hydrogen-bond donors (Lipinski definition) is 3. The third-order valence-corrected chi connectivity index (χ3v) is 3.04. The summed E-state index contributed by atoms with van der Waals surface area (Å²) in [5, 5.41) is 17.4. The van der Waals surface area contributed by atoms with Gasteiger partial charge in [-0.15, -0.1) is 0 Å². The van der Waals surface area contributed by atoms with Gasteiger partial charge in [0.25, 0.3) is 0 Å². The highest BCUT2D eigenvalue weighted by molar-refractivity contribution is 5.85. The zero-order valence-electron chi connectivity index (χ0n) is 11.9. The molecule has 0 heterocycles. The lowest BCUT2D eigenvalue weighted by atomic mass is 9.94. The second-order valence-corrected chi connectivity index (χ2v) is 4.81. The van der Waals surface area contributed by atoms with Gasteiger partial charge in [-0.1, -0.05) is 19.8 Å². The van der Waals surface area contributed by atoms with Crippen LogP contribution in [0.4, 0.5) is 0 Å². The van der Waals surface area contributed by atoms with Crippen molar-refractivity contribution in [1.29, 1.82) is 0 Å². The van der Waals surface area contributed by atoms with Crippen molar-refractivity contribution in [1.82, 2.24) is 4.90 Å². The second-order valence-electron chi connectivity index (χ2n) is 4.81. The van der Waals surface area contributed by atoms with Crippen molar-refractivity contribution < 1.29 is 24.6 Å². The van der Waals surface area contributed by atoms with Crippen LogP contribution in [0, 0.1) is 5.92 Å². The zero-order chi connectivity index (χ0) is 15.5. The molecule has 4 N–H and O–H groups in total. The molecule has 0 spiro atoms. The van der Waals surface area contributed by atoms with E-state index in [1.54, 1.807) is 0 Å². The molecule has 116 valence electrons. The van der Waals surface area contributed by atoms with E-state index in [0.717, 1.165) is 24.2 Å². The van der Waals surface area contributed by atoms with Crippen LogP contribution in [-0.4, -0.2) is 52.6 Å². The standard InChI is InChI=1S/C13H24N2O5/c1-2-3-10(6-7-14)4-5-11(16)15(8-12(17)18)9-13(19)20/h10H,2-9,14H2,1H3,(H,17,18)(H,19,20). The molecule has 0 aliphatic carbocycles. The maximum atomic E-state index is 11.9. The Morgan fingerprint density at radius 1 is 1.05 bits per heavy atom. The number of rotatable bonds is 11. The fraction of sp³-hybridized carbons (Fsp3) is 0.769. The average molecular weight is 288 g/mol. The average Bonchev–Trinajstić information content (AvgIpc) is 2.34. The lowest BCUT2D eigenvalue weighted by molar-refractivity contribution is -0.149. The molecule has 7 heteroatoms. The first kappa shape index (κ1) is 18.4. The van der Waals surface area contributed by atoms with Crippen LogP contribution in [0.15, 0.2) is 0 Å². The van der Waals surface area contributed by atoms with Crippen LogP contribution in [0.2, 0.25) is 0 Å². The largest absolute Gasteiger partial charge is 0.480 e. The zero-order valence-corrected chi connectivity index (χ0v) is 11.9. The first-order valence-electron chi connectivity index (χ1n) is 6.82. The highest BCUT2D eigenvalue weighted by atomic mass is 16.4. The van der Waals surface area contributed by atoms with E-state index in [-0.39, 0.29) is 6.42 Å². The van der Waals surface area contributed by atoms with Crippen molar-refractivity contribution in [2.75, 3.05) is 19.6 Å². The summed E-state index contributed by atoms with van der Waals surface area (Å²) in [7, 11) is 0. The number of nitrogens with two attached hydrogens (primary N) is 1. The minimum Gasteiger partial charge on any atom is -0.480 e. The summed E-state index contributed by atoms with van der Waals surface area (Å²) < 4.78 is 0. The first-order chi connectivity index (χ1) is 9.40. The Hall–Kier alpha value is -1.63. The lowest BCUT2D eigenvalue weighted by Crippen LogP contribution is -2.39. The normalized spacial score (nSPS) is 11.9. The van der Waals surface area contributed by atoms with Crippen molar-refractivity contribution in [2.45, 2.75) is 39.0 Å². The Labute approximate surface area is 118 Å². The summed E-state index contributed by atoms with van der Waals surface area (Å²) in [4.78, 5) is 34.0. The fourth-order valence-electron chi connectivity index (χ4n) is 2.12. The van der Waals surface area contributed by atoms with E-state index >= 15 is 0 Å². The van der Waals surface area contributed by atoms with E-state index in [1.165, 1.54) is 0 Å². The molecule has 1 unspecified atom stereocenters. The summed E-state index contributed by atoms with van der Waals surface area (Å²) >= 11 is 0. The molecule has 0 aromatic heterocycles. The number of carbonyl (C=O) groups is 3.